The van der Waals surface area contributed by atoms with Gasteiger partial charge in [0.25, 0.3) is 0 Å². The normalized spacial score (nSPS) is 27.4. The number of nitrogens with one attached hydrogen (secondary N) is 2. The van der Waals surface area contributed by atoms with Gasteiger partial charge in [0.15, 0.2) is 0 Å². The molecule has 4 aliphatic rings. The van der Waals surface area contributed by atoms with E-state index in [1.54, 1.807) is 0 Å². The summed E-state index contributed by atoms with van der Waals surface area (Å²) < 4.78 is 5.69. The summed E-state index contributed by atoms with van der Waals surface area (Å²) in [4.78, 5) is 37.0. The molecule has 4 atom stereocenters. The molecule has 0 saturated heterocycles. The van der Waals surface area contributed by atoms with Crippen LogP contribution in [0.3, 0.4) is 0 Å². The van der Waals surface area contributed by atoms with Crippen molar-refractivity contribution in [2.45, 2.75) is 56.0 Å². The van der Waals surface area contributed by atoms with Crippen molar-refractivity contribution in [2.24, 2.45) is 17.8 Å². The first kappa shape index (κ1) is 22.1. The number of carboxylic acid groups (broad SMARTS) is 1. The quantitative estimate of drug-likeness (QED) is 0.586. The predicted octanol–water partition coefficient (Wildman–Crippen LogP) is 4.06. The molecule has 4 aliphatic carbocycles. The van der Waals surface area contributed by atoms with Gasteiger partial charge in [-0.25, -0.2) is 9.59 Å². The van der Waals surface area contributed by atoms with Crippen molar-refractivity contribution in [3.8, 4) is 11.1 Å². The van der Waals surface area contributed by atoms with E-state index in [0.29, 0.717) is 25.2 Å². The molecule has 2 aromatic carbocycles. The van der Waals surface area contributed by atoms with Gasteiger partial charge in [0.1, 0.15) is 12.1 Å². The highest BCUT2D eigenvalue weighted by Crippen LogP contribution is 2.50. The summed E-state index contributed by atoms with van der Waals surface area (Å²) in [7, 11) is 0. The number of benzene rings is 2. The number of alkyl carbamates (subject to hydrolysis) is 1. The van der Waals surface area contributed by atoms with Crippen LogP contribution in [0, 0.1) is 17.8 Å². The first-order chi connectivity index (χ1) is 16.9. The lowest BCUT2D eigenvalue weighted by molar-refractivity contribution is -0.152. The number of fused-ring (bicyclic) bond motifs is 4. The molecule has 2 amide bonds. The van der Waals surface area contributed by atoms with E-state index in [-0.39, 0.29) is 36.3 Å². The number of amides is 2. The van der Waals surface area contributed by atoms with Gasteiger partial charge in [0.05, 0.1) is 0 Å². The summed E-state index contributed by atoms with van der Waals surface area (Å²) in [5.41, 5.74) is 3.68. The number of hydrogen-bond acceptors (Lipinski definition) is 4. The Kier molecular flexibility index (Phi) is 5.31. The van der Waals surface area contributed by atoms with Crippen molar-refractivity contribution in [1.29, 1.82) is 0 Å². The molecule has 0 radical (unpaired) electrons. The number of carbonyl (C=O) groups excluding carboxylic acids is 2. The van der Waals surface area contributed by atoms with Gasteiger partial charge >= 0.3 is 12.1 Å². The Morgan fingerprint density at radius 1 is 0.943 bits per heavy atom. The average molecular weight is 475 g/mol. The molecular formula is C28H30N2O5. The van der Waals surface area contributed by atoms with Crippen molar-refractivity contribution in [1.82, 2.24) is 10.6 Å². The lowest BCUT2D eigenvalue weighted by Crippen LogP contribution is -2.60. The molecule has 6 rings (SSSR count). The van der Waals surface area contributed by atoms with Crippen LogP contribution in [0.25, 0.3) is 11.1 Å². The number of carboxylic acids is 1. The minimum Gasteiger partial charge on any atom is -0.480 e. The molecule has 7 nitrogen and oxygen atoms in total. The highest BCUT2D eigenvalue weighted by Gasteiger charge is 2.52. The van der Waals surface area contributed by atoms with E-state index >= 15 is 0 Å². The van der Waals surface area contributed by atoms with E-state index in [4.69, 9.17) is 4.74 Å². The Labute approximate surface area is 204 Å². The maximum atomic E-state index is 12.8. The zero-order valence-electron chi connectivity index (χ0n) is 19.5. The van der Waals surface area contributed by atoms with Gasteiger partial charge in [0.2, 0.25) is 5.91 Å². The first-order valence-corrected chi connectivity index (χ1v) is 12.6. The number of aliphatic carboxylic acids is 1. The van der Waals surface area contributed by atoms with Gasteiger partial charge in [0, 0.05) is 17.9 Å². The van der Waals surface area contributed by atoms with Gasteiger partial charge in [-0.15, -0.1) is 0 Å². The fourth-order valence-electron chi connectivity index (χ4n) is 6.66. The van der Waals surface area contributed by atoms with E-state index in [2.05, 4.69) is 34.9 Å². The lowest BCUT2D eigenvalue weighted by Gasteiger charge is -2.40. The fraction of sp³-hybridized carbons (Fsp3) is 0.464. The average Bonchev–Trinajstić information content (AvgIpc) is 3.33. The molecule has 0 aromatic heterocycles. The van der Waals surface area contributed by atoms with E-state index < -0.39 is 17.6 Å². The SMILES string of the molecule is O=C(NC1CC2CC(C(=O)NC3(C(=O)O)CCC3)CC21)OCC1c2ccccc2-c2ccccc21. The summed E-state index contributed by atoms with van der Waals surface area (Å²) in [6.07, 6.45) is 3.69. The number of rotatable bonds is 6. The van der Waals surface area contributed by atoms with Gasteiger partial charge in [-0.2, -0.15) is 0 Å². The second-order valence-corrected chi connectivity index (χ2v) is 10.6. The van der Waals surface area contributed by atoms with Gasteiger partial charge in [-0.05, 0) is 72.6 Å². The van der Waals surface area contributed by atoms with Crippen LogP contribution in [0.2, 0.25) is 0 Å². The topological polar surface area (TPSA) is 105 Å². The zero-order chi connectivity index (χ0) is 24.2. The van der Waals surface area contributed by atoms with Crippen molar-refractivity contribution in [2.75, 3.05) is 6.61 Å². The van der Waals surface area contributed by atoms with E-state index in [1.807, 2.05) is 24.3 Å². The van der Waals surface area contributed by atoms with Gasteiger partial charge in [-0.1, -0.05) is 48.5 Å². The van der Waals surface area contributed by atoms with Crippen LogP contribution < -0.4 is 10.6 Å². The molecule has 3 saturated carbocycles. The standard InChI is InChI=1S/C28H30N2O5/c31-25(30-28(26(32)33)10-5-11-28)17-12-16-14-24(22(16)13-17)29-27(34)35-15-23-20-8-3-1-6-18(20)19-7-2-4-9-21(19)23/h1-4,6-9,16-17,22-24H,5,10-15H2,(H,29,34)(H,30,31)(H,32,33). The summed E-state index contributed by atoms with van der Waals surface area (Å²) in [5.74, 6) is -0.611. The van der Waals surface area contributed by atoms with Crippen LogP contribution in [0.4, 0.5) is 4.79 Å². The van der Waals surface area contributed by atoms with Crippen LogP contribution in [-0.2, 0) is 14.3 Å². The van der Waals surface area contributed by atoms with Gasteiger partial charge in [-0.3, -0.25) is 4.79 Å². The van der Waals surface area contributed by atoms with Crippen LogP contribution in [0.15, 0.2) is 48.5 Å². The summed E-state index contributed by atoms with van der Waals surface area (Å²) in [5, 5.41) is 15.3. The highest BCUT2D eigenvalue weighted by atomic mass is 16.5. The summed E-state index contributed by atoms with van der Waals surface area (Å²) >= 11 is 0. The van der Waals surface area contributed by atoms with E-state index in [1.165, 1.54) is 22.3 Å². The Hall–Kier alpha value is -3.35. The molecule has 3 fully saturated rings. The van der Waals surface area contributed by atoms with Crippen LogP contribution >= 0.6 is 0 Å². The molecule has 0 bridgehead atoms. The molecule has 0 heterocycles. The van der Waals surface area contributed by atoms with Crippen molar-refractivity contribution < 1.29 is 24.2 Å². The molecule has 0 spiro atoms. The molecule has 182 valence electrons. The minimum atomic E-state index is -1.07. The largest absolute Gasteiger partial charge is 0.480 e. The second kappa shape index (κ2) is 8.40. The summed E-state index contributed by atoms with van der Waals surface area (Å²) in [6.45, 7) is 0.281. The van der Waals surface area contributed by atoms with E-state index in [0.717, 1.165) is 19.3 Å². The third kappa shape index (κ3) is 3.68. The number of ether oxygens (including phenoxy) is 1. The Morgan fingerprint density at radius 2 is 1.60 bits per heavy atom. The fourth-order valence-corrected chi connectivity index (χ4v) is 6.66. The smallest absolute Gasteiger partial charge is 0.407 e. The highest BCUT2D eigenvalue weighted by molar-refractivity contribution is 5.89. The van der Waals surface area contributed by atoms with Crippen molar-refractivity contribution >= 4 is 18.0 Å². The maximum absolute atomic E-state index is 12.8. The minimum absolute atomic E-state index is 0.00517. The monoisotopic (exact) mass is 474 g/mol. The molecule has 2 aromatic rings. The Balaban J connectivity index is 1.03. The van der Waals surface area contributed by atoms with E-state index in [9.17, 15) is 19.5 Å². The summed E-state index contributed by atoms with van der Waals surface area (Å²) in [6, 6.07) is 16.5. The molecule has 35 heavy (non-hydrogen) atoms. The maximum Gasteiger partial charge on any atom is 0.407 e. The van der Waals surface area contributed by atoms with Crippen molar-refractivity contribution in [3.63, 3.8) is 0 Å². The molecule has 7 heteroatoms. The first-order valence-electron chi connectivity index (χ1n) is 12.6. The molecule has 0 aliphatic heterocycles. The van der Waals surface area contributed by atoms with Crippen LogP contribution in [0.5, 0.6) is 0 Å². The lowest BCUT2D eigenvalue weighted by atomic mass is 9.71. The molecular weight excluding hydrogens is 444 g/mol. The molecule has 4 unspecified atom stereocenters. The number of carbonyl (C=O) groups is 3. The van der Waals surface area contributed by atoms with Crippen molar-refractivity contribution in [3.05, 3.63) is 59.7 Å². The second-order valence-electron chi connectivity index (χ2n) is 10.6. The predicted molar refractivity (Wildman–Crippen MR) is 129 cm³/mol. The zero-order valence-corrected chi connectivity index (χ0v) is 19.5. The van der Waals surface area contributed by atoms with Crippen LogP contribution in [-0.4, -0.2) is 41.3 Å². The Bertz CT molecular complexity index is 1140. The third-order valence-electron chi connectivity index (χ3n) is 8.82. The Morgan fingerprint density at radius 3 is 2.20 bits per heavy atom. The third-order valence-corrected chi connectivity index (χ3v) is 8.82. The number of hydrogen-bond donors (Lipinski definition) is 3. The molecule has 3 N–H and O–H groups in total. The van der Waals surface area contributed by atoms with Gasteiger partial charge < -0.3 is 20.5 Å². The van der Waals surface area contributed by atoms with Crippen LogP contribution in [0.1, 0.15) is 55.6 Å².